The van der Waals surface area contributed by atoms with Gasteiger partial charge < -0.3 is 5.11 Å². The van der Waals surface area contributed by atoms with Crippen molar-refractivity contribution in [2.45, 2.75) is 32.4 Å². The topological polar surface area (TPSA) is 20.2 Å². The van der Waals surface area contributed by atoms with Crippen LogP contribution in [0.2, 0.25) is 0 Å². The Hall–Kier alpha value is -1.19. The molecule has 0 fully saturated rings. The molecule has 0 aliphatic carbocycles. The molecule has 1 aromatic rings. The molecule has 1 rings (SSSR count). The highest BCUT2D eigenvalue weighted by atomic mass is 19.4. The summed E-state index contributed by atoms with van der Waals surface area (Å²) in [6, 6.07) is 3.46. The lowest BCUT2D eigenvalue weighted by Crippen LogP contribution is -2.19. The van der Waals surface area contributed by atoms with Crippen molar-refractivity contribution in [1.82, 2.24) is 0 Å². The van der Waals surface area contributed by atoms with Crippen LogP contribution in [0, 0.1) is 0 Å². The molecule has 0 amide bonds. The highest BCUT2D eigenvalue weighted by molar-refractivity contribution is 5.45. The molecule has 84 valence electrons. The zero-order valence-electron chi connectivity index (χ0n) is 8.81. The summed E-state index contributed by atoms with van der Waals surface area (Å²) in [6.07, 6.45) is -4.43. The van der Waals surface area contributed by atoms with E-state index in [4.69, 9.17) is 0 Å². The van der Waals surface area contributed by atoms with E-state index in [9.17, 15) is 18.3 Å². The van der Waals surface area contributed by atoms with Crippen LogP contribution in [0.1, 0.15) is 31.9 Å². The molecule has 1 N–H and O–H groups in total. The number of hydrogen-bond donors (Lipinski definition) is 1. The Labute approximate surface area is 86.5 Å². The van der Waals surface area contributed by atoms with E-state index < -0.39 is 17.2 Å². The highest BCUT2D eigenvalue weighted by Gasteiger charge is 2.37. The van der Waals surface area contributed by atoms with Crippen LogP contribution in [0.15, 0.2) is 18.2 Å². The molecule has 0 atom stereocenters. The van der Waals surface area contributed by atoms with E-state index in [0.717, 1.165) is 6.07 Å². The molecule has 0 bridgehead atoms. The second kappa shape index (κ2) is 3.43. The fourth-order valence-corrected chi connectivity index (χ4v) is 1.56. The summed E-state index contributed by atoms with van der Waals surface area (Å²) in [5.41, 5.74) is -1.57. The second-order valence-electron chi connectivity index (χ2n) is 4.45. The van der Waals surface area contributed by atoms with Crippen molar-refractivity contribution in [3.8, 4) is 5.75 Å². The third-order valence-corrected chi connectivity index (χ3v) is 2.10. The number of alkyl halides is 3. The Balaban J connectivity index is 3.48. The average molecular weight is 218 g/mol. The van der Waals surface area contributed by atoms with Crippen molar-refractivity contribution < 1.29 is 18.3 Å². The standard InChI is InChI=1S/C11H13F3O/c1-10(2,3)9-7(11(12,13)14)5-4-6-8(9)15/h4-6,15H,1-3H3. The first-order valence-corrected chi connectivity index (χ1v) is 4.53. The van der Waals surface area contributed by atoms with Crippen LogP contribution >= 0.6 is 0 Å². The van der Waals surface area contributed by atoms with E-state index in [1.807, 2.05) is 0 Å². The summed E-state index contributed by atoms with van der Waals surface area (Å²) in [7, 11) is 0. The van der Waals surface area contributed by atoms with Gasteiger partial charge in [0, 0.05) is 5.56 Å². The number of hydrogen-bond acceptors (Lipinski definition) is 1. The van der Waals surface area contributed by atoms with E-state index in [0.29, 0.717) is 0 Å². The molecule has 0 radical (unpaired) electrons. The fourth-order valence-electron chi connectivity index (χ4n) is 1.56. The number of rotatable bonds is 0. The van der Waals surface area contributed by atoms with Crippen molar-refractivity contribution in [3.05, 3.63) is 29.3 Å². The van der Waals surface area contributed by atoms with Gasteiger partial charge in [0.2, 0.25) is 0 Å². The number of phenolic OH excluding ortho intramolecular Hbond substituents is 1. The van der Waals surface area contributed by atoms with E-state index in [1.54, 1.807) is 20.8 Å². The minimum absolute atomic E-state index is 0.0579. The molecular weight excluding hydrogens is 205 g/mol. The molecule has 0 saturated carbocycles. The maximum Gasteiger partial charge on any atom is 0.416 e. The zero-order valence-corrected chi connectivity index (χ0v) is 8.81. The summed E-state index contributed by atoms with van der Waals surface area (Å²) < 4.78 is 37.9. The average Bonchev–Trinajstić information content (AvgIpc) is 1.99. The summed E-state index contributed by atoms with van der Waals surface area (Å²) >= 11 is 0. The maximum atomic E-state index is 12.6. The minimum atomic E-state index is -4.43. The van der Waals surface area contributed by atoms with Crippen molar-refractivity contribution in [3.63, 3.8) is 0 Å². The molecular formula is C11H13F3O. The van der Waals surface area contributed by atoms with Crippen molar-refractivity contribution in [2.75, 3.05) is 0 Å². The summed E-state index contributed by atoms with van der Waals surface area (Å²) in [5.74, 6) is -0.308. The van der Waals surface area contributed by atoms with Crippen LogP contribution in [-0.2, 0) is 11.6 Å². The van der Waals surface area contributed by atoms with Crippen LogP contribution in [-0.4, -0.2) is 5.11 Å². The lowest BCUT2D eigenvalue weighted by molar-refractivity contribution is -0.138. The van der Waals surface area contributed by atoms with Crippen LogP contribution in [0.5, 0.6) is 5.75 Å². The van der Waals surface area contributed by atoms with Gasteiger partial charge in [-0.15, -0.1) is 0 Å². The normalized spacial score (nSPS) is 12.9. The van der Waals surface area contributed by atoms with Crippen molar-refractivity contribution in [2.24, 2.45) is 0 Å². The summed E-state index contributed by atoms with van der Waals surface area (Å²) in [5, 5.41) is 9.49. The van der Waals surface area contributed by atoms with E-state index >= 15 is 0 Å². The Bertz CT molecular complexity index is 361. The van der Waals surface area contributed by atoms with Crippen molar-refractivity contribution >= 4 is 0 Å². The Morgan fingerprint density at radius 3 is 1.93 bits per heavy atom. The van der Waals surface area contributed by atoms with Gasteiger partial charge in [-0.25, -0.2) is 0 Å². The van der Waals surface area contributed by atoms with E-state index in [2.05, 4.69) is 0 Å². The van der Waals surface area contributed by atoms with Crippen molar-refractivity contribution in [1.29, 1.82) is 0 Å². The first kappa shape index (κ1) is 11.9. The largest absolute Gasteiger partial charge is 0.508 e. The first-order valence-electron chi connectivity index (χ1n) is 4.53. The Kier molecular flexibility index (Phi) is 2.72. The number of benzene rings is 1. The van der Waals surface area contributed by atoms with Crippen LogP contribution < -0.4 is 0 Å². The van der Waals surface area contributed by atoms with Crippen LogP contribution in [0.3, 0.4) is 0 Å². The predicted molar refractivity (Wildman–Crippen MR) is 51.8 cm³/mol. The van der Waals surface area contributed by atoms with Gasteiger partial charge in [-0.05, 0) is 17.5 Å². The van der Waals surface area contributed by atoms with Gasteiger partial charge in [0.1, 0.15) is 5.75 Å². The number of aromatic hydroxyl groups is 1. The zero-order chi connectivity index (χ0) is 11.9. The third kappa shape index (κ3) is 2.43. The molecule has 15 heavy (non-hydrogen) atoms. The predicted octanol–water partition coefficient (Wildman–Crippen LogP) is 3.71. The van der Waals surface area contributed by atoms with Crippen LogP contribution in [0.25, 0.3) is 0 Å². The lowest BCUT2D eigenvalue weighted by Gasteiger charge is -2.24. The number of phenols is 1. The van der Waals surface area contributed by atoms with E-state index in [-0.39, 0.29) is 11.3 Å². The van der Waals surface area contributed by atoms with Gasteiger partial charge in [-0.3, -0.25) is 0 Å². The Morgan fingerprint density at radius 2 is 1.60 bits per heavy atom. The molecule has 0 aliphatic rings. The van der Waals surface area contributed by atoms with Gasteiger partial charge in [0.05, 0.1) is 5.56 Å². The van der Waals surface area contributed by atoms with Gasteiger partial charge in [-0.2, -0.15) is 13.2 Å². The molecule has 0 saturated heterocycles. The second-order valence-corrected chi connectivity index (χ2v) is 4.45. The molecule has 0 spiro atoms. The summed E-state index contributed by atoms with van der Waals surface area (Å²) in [6.45, 7) is 4.91. The Morgan fingerprint density at radius 1 is 1.07 bits per heavy atom. The third-order valence-electron chi connectivity index (χ3n) is 2.10. The monoisotopic (exact) mass is 218 g/mol. The smallest absolute Gasteiger partial charge is 0.416 e. The molecule has 4 heteroatoms. The molecule has 0 aromatic heterocycles. The SMILES string of the molecule is CC(C)(C)c1c(O)cccc1C(F)(F)F. The van der Waals surface area contributed by atoms with Crippen LogP contribution in [0.4, 0.5) is 13.2 Å². The molecule has 0 aliphatic heterocycles. The minimum Gasteiger partial charge on any atom is -0.508 e. The molecule has 0 heterocycles. The number of halogens is 3. The first-order chi connectivity index (χ1) is 6.64. The summed E-state index contributed by atoms with van der Waals surface area (Å²) in [4.78, 5) is 0. The lowest BCUT2D eigenvalue weighted by atomic mass is 9.83. The quantitative estimate of drug-likeness (QED) is 0.703. The van der Waals surface area contributed by atoms with Gasteiger partial charge in [-0.1, -0.05) is 26.8 Å². The maximum absolute atomic E-state index is 12.6. The fraction of sp³-hybridized carbons (Fsp3) is 0.455. The molecule has 1 aromatic carbocycles. The highest BCUT2D eigenvalue weighted by Crippen LogP contribution is 2.41. The molecule has 0 unspecified atom stereocenters. The van der Waals surface area contributed by atoms with Gasteiger partial charge >= 0.3 is 6.18 Å². The van der Waals surface area contributed by atoms with Gasteiger partial charge in [0.15, 0.2) is 0 Å². The molecule has 1 nitrogen and oxygen atoms in total. The van der Waals surface area contributed by atoms with Gasteiger partial charge in [0.25, 0.3) is 0 Å². The van der Waals surface area contributed by atoms with E-state index in [1.165, 1.54) is 12.1 Å².